The molecule has 3 rings (SSSR count). The fourth-order valence-electron chi connectivity index (χ4n) is 2.78. The summed E-state index contributed by atoms with van der Waals surface area (Å²) in [6, 6.07) is 7.38. The molecule has 1 aromatic heterocycles. The van der Waals surface area contributed by atoms with Crippen LogP contribution in [0.15, 0.2) is 39.3 Å². The number of thiazole rings is 1. The van der Waals surface area contributed by atoms with Gasteiger partial charge in [0, 0.05) is 32.3 Å². The third-order valence-electron chi connectivity index (χ3n) is 4.62. The number of aromatic nitrogens is 1. The molecule has 1 saturated heterocycles. The SMILES string of the molecule is COC(=O)C=c1sc(=C(N=Nc2ccc(C)cc2)C(=O)N2CCN(C)CC2)[nH]c1=O. The van der Waals surface area contributed by atoms with Gasteiger partial charge in [0.25, 0.3) is 11.5 Å². The molecule has 0 radical (unpaired) electrons. The number of hydrogen-bond acceptors (Lipinski definition) is 8. The molecule has 2 aromatic rings. The first-order valence-electron chi connectivity index (χ1n) is 9.36. The molecule has 30 heavy (non-hydrogen) atoms. The van der Waals surface area contributed by atoms with Crippen molar-refractivity contribution in [2.45, 2.75) is 6.92 Å². The van der Waals surface area contributed by atoms with Crippen molar-refractivity contribution in [2.75, 3.05) is 40.3 Å². The first-order chi connectivity index (χ1) is 14.4. The van der Waals surface area contributed by atoms with Gasteiger partial charge in [0.1, 0.15) is 9.20 Å². The number of ether oxygens (including phenoxy) is 1. The normalized spacial score (nSPS) is 16.8. The number of nitrogens with one attached hydrogen (secondary N) is 1. The Morgan fingerprint density at radius 2 is 1.83 bits per heavy atom. The van der Waals surface area contributed by atoms with Gasteiger partial charge in [0.15, 0.2) is 5.70 Å². The molecule has 1 aliphatic rings. The van der Waals surface area contributed by atoms with Gasteiger partial charge in [-0.3, -0.25) is 9.59 Å². The van der Waals surface area contributed by atoms with Crippen molar-refractivity contribution in [3.8, 4) is 0 Å². The van der Waals surface area contributed by atoms with Crippen molar-refractivity contribution in [3.63, 3.8) is 0 Å². The standard InChI is InChI=1S/C20H23N5O4S/c1-13-4-6-14(7-5-13)22-23-17(20(28)25-10-8-24(2)9-11-25)19-21-18(27)15(30-19)12-16(26)29-3/h4-7,12H,8-11H2,1-3H3,(H,21,27). The van der Waals surface area contributed by atoms with E-state index in [1.165, 1.54) is 7.11 Å². The van der Waals surface area contributed by atoms with E-state index in [1.54, 1.807) is 17.0 Å². The number of methoxy groups -OCH3 is 1. The van der Waals surface area contributed by atoms with Crippen molar-refractivity contribution in [1.82, 2.24) is 14.8 Å². The predicted molar refractivity (Wildman–Crippen MR) is 114 cm³/mol. The molecule has 1 aliphatic heterocycles. The number of amides is 1. The van der Waals surface area contributed by atoms with Crippen LogP contribution in [-0.2, 0) is 14.3 Å². The number of likely N-dealkylation sites (N-methyl/N-ethyl adjacent to an activating group) is 1. The van der Waals surface area contributed by atoms with Crippen LogP contribution in [0.25, 0.3) is 11.8 Å². The summed E-state index contributed by atoms with van der Waals surface area (Å²) in [6.07, 6.45) is 1.09. The van der Waals surface area contributed by atoms with Crippen LogP contribution < -0.4 is 14.8 Å². The van der Waals surface area contributed by atoms with Crippen LogP contribution in [0.4, 0.5) is 5.69 Å². The number of carbonyl (C=O) groups is 2. The van der Waals surface area contributed by atoms with E-state index >= 15 is 0 Å². The van der Waals surface area contributed by atoms with E-state index in [-0.39, 0.29) is 20.8 Å². The zero-order valence-corrected chi connectivity index (χ0v) is 17.9. The Labute approximate surface area is 177 Å². The van der Waals surface area contributed by atoms with E-state index in [9.17, 15) is 14.4 Å². The van der Waals surface area contributed by atoms with Crippen LogP contribution in [0, 0.1) is 6.92 Å². The van der Waals surface area contributed by atoms with Crippen LogP contribution in [0.2, 0.25) is 0 Å². The van der Waals surface area contributed by atoms with Crippen molar-refractivity contribution >= 4 is 40.7 Å². The van der Waals surface area contributed by atoms with Crippen molar-refractivity contribution in [2.24, 2.45) is 10.2 Å². The molecule has 1 amide bonds. The largest absolute Gasteiger partial charge is 0.466 e. The fourth-order valence-corrected chi connectivity index (χ4v) is 3.67. The summed E-state index contributed by atoms with van der Waals surface area (Å²) in [5, 5.41) is 8.37. The lowest BCUT2D eigenvalue weighted by molar-refractivity contribution is -0.133. The molecule has 0 bridgehead atoms. The predicted octanol–water partition coefficient (Wildman–Crippen LogP) is 0.364. The third-order valence-corrected chi connectivity index (χ3v) is 5.64. The summed E-state index contributed by atoms with van der Waals surface area (Å²) in [6.45, 7) is 4.56. The van der Waals surface area contributed by atoms with Gasteiger partial charge < -0.3 is 19.5 Å². The average Bonchev–Trinajstić information content (AvgIpc) is 3.09. The molecule has 1 N–H and O–H groups in total. The summed E-state index contributed by atoms with van der Waals surface area (Å²) in [5.74, 6) is -0.969. The Morgan fingerprint density at radius 3 is 2.47 bits per heavy atom. The number of piperazine rings is 1. The minimum absolute atomic E-state index is 0.0340. The number of rotatable bonds is 4. The summed E-state index contributed by atoms with van der Waals surface area (Å²) in [7, 11) is 3.22. The van der Waals surface area contributed by atoms with E-state index in [2.05, 4.69) is 24.8 Å². The van der Waals surface area contributed by atoms with Crippen molar-refractivity contribution < 1.29 is 14.3 Å². The van der Waals surface area contributed by atoms with E-state index in [0.29, 0.717) is 18.8 Å². The van der Waals surface area contributed by atoms with Gasteiger partial charge in [-0.25, -0.2) is 4.79 Å². The second-order valence-corrected chi connectivity index (χ2v) is 7.95. The molecule has 0 saturated carbocycles. The number of nitrogens with zero attached hydrogens (tertiary/aromatic N) is 4. The fraction of sp³-hybridized carbons (Fsp3) is 0.350. The minimum Gasteiger partial charge on any atom is -0.466 e. The Hall–Kier alpha value is -3.11. The monoisotopic (exact) mass is 429 g/mol. The van der Waals surface area contributed by atoms with Gasteiger partial charge in [-0.15, -0.1) is 16.5 Å². The lowest BCUT2D eigenvalue weighted by atomic mass is 10.2. The third kappa shape index (κ3) is 5.28. The number of carbonyl (C=O) groups excluding carboxylic acids is 2. The average molecular weight is 430 g/mol. The highest BCUT2D eigenvalue weighted by Gasteiger charge is 2.24. The first kappa shape index (κ1) is 21.6. The van der Waals surface area contributed by atoms with Crippen LogP contribution in [0.1, 0.15) is 5.56 Å². The highest BCUT2D eigenvalue weighted by molar-refractivity contribution is 7.07. The molecule has 1 fully saturated rings. The highest BCUT2D eigenvalue weighted by atomic mass is 32.1. The lowest BCUT2D eigenvalue weighted by Gasteiger charge is -2.32. The highest BCUT2D eigenvalue weighted by Crippen LogP contribution is 2.16. The molecule has 1 aromatic carbocycles. The minimum atomic E-state index is -0.651. The second-order valence-electron chi connectivity index (χ2n) is 6.90. The molecule has 158 valence electrons. The zero-order valence-electron chi connectivity index (χ0n) is 17.0. The first-order valence-corrected chi connectivity index (χ1v) is 10.2. The molecular weight excluding hydrogens is 406 g/mol. The van der Waals surface area contributed by atoms with Crippen LogP contribution in [0.3, 0.4) is 0 Å². The summed E-state index contributed by atoms with van der Waals surface area (Å²) in [5.41, 5.74) is 1.21. The molecule has 9 nitrogen and oxygen atoms in total. The maximum atomic E-state index is 13.2. The quantitative estimate of drug-likeness (QED) is 0.558. The second kappa shape index (κ2) is 9.59. The van der Waals surface area contributed by atoms with Gasteiger partial charge in [-0.1, -0.05) is 17.7 Å². The Bertz CT molecular complexity index is 1130. The topological polar surface area (TPSA) is 107 Å². The summed E-state index contributed by atoms with van der Waals surface area (Å²) < 4.78 is 4.95. The maximum Gasteiger partial charge on any atom is 0.332 e. The summed E-state index contributed by atoms with van der Waals surface area (Å²) >= 11 is 0.969. The molecule has 0 spiro atoms. The van der Waals surface area contributed by atoms with Gasteiger partial charge in [0.05, 0.1) is 12.8 Å². The smallest absolute Gasteiger partial charge is 0.332 e. The van der Waals surface area contributed by atoms with Crippen molar-refractivity contribution in [3.05, 3.63) is 49.4 Å². The Morgan fingerprint density at radius 1 is 1.17 bits per heavy atom. The van der Waals surface area contributed by atoms with E-state index in [0.717, 1.165) is 36.1 Å². The van der Waals surface area contributed by atoms with Gasteiger partial charge >= 0.3 is 5.97 Å². The molecule has 0 aliphatic carbocycles. The molecule has 0 unspecified atom stereocenters. The zero-order chi connectivity index (χ0) is 21.7. The van der Waals surface area contributed by atoms with Crippen LogP contribution in [-0.4, -0.2) is 67.0 Å². The number of azo groups is 1. The van der Waals surface area contributed by atoms with Crippen LogP contribution >= 0.6 is 11.3 Å². The van der Waals surface area contributed by atoms with E-state index in [4.69, 9.17) is 0 Å². The molecule has 2 heterocycles. The van der Waals surface area contributed by atoms with E-state index < -0.39 is 11.5 Å². The molecular formula is C20H23N5O4S. The number of aryl methyl sites for hydroxylation is 1. The number of hydrogen-bond donors (Lipinski definition) is 1. The number of H-pyrrole nitrogens is 1. The molecule has 0 atom stereocenters. The van der Waals surface area contributed by atoms with E-state index in [1.807, 2.05) is 26.1 Å². The Balaban J connectivity index is 2.06. The lowest BCUT2D eigenvalue weighted by Crippen LogP contribution is -2.47. The van der Waals surface area contributed by atoms with Gasteiger partial charge in [-0.2, -0.15) is 5.11 Å². The number of benzene rings is 1. The maximum absolute atomic E-state index is 13.2. The van der Waals surface area contributed by atoms with Gasteiger partial charge in [-0.05, 0) is 26.1 Å². The number of aromatic amines is 1. The van der Waals surface area contributed by atoms with Crippen molar-refractivity contribution in [1.29, 1.82) is 0 Å². The Kier molecular flexibility index (Phi) is 6.91. The number of esters is 1. The summed E-state index contributed by atoms with van der Waals surface area (Å²) in [4.78, 5) is 43.4. The van der Waals surface area contributed by atoms with Gasteiger partial charge in [0.2, 0.25) is 0 Å². The van der Waals surface area contributed by atoms with Crippen LogP contribution in [0.5, 0.6) is 0 Å². The molecule has 10 heteroatoms.